The second-order valence-corrected chi connectivity index (χ2v) is 5.65. The van der Waals surface area contributed by atoms with Gasteiger partial charge in [0.15, 0.2) is 0 Å². The Balaban J connectivity index is 2.51. The van der Waals surface area contributed by atoms with Gasteiger partial charge in [0.05, 0.1) is 0 Å². The standard InChI is InChI=1S/C12H25NO/c1-10-6-5-7-13(11(10)2)8-12(3,4)9-14/h10-11,14H,5-9H2,1-4H3. The van der Waals surface area contributed by atoms with Gasteiger partial charge in [-0.3, -0.25) is 4.90 Å². The zero-order valence-corrected chi connectivity index (χ0v) is 10.1. The summed E-state index contributed by atoms with van der Waals surface area (Å²) >= 11 is 0. The SMILES string of the molecule is CC1CCCN(CC(C)(C)CO)C1C. The van der Waals surface area contributed by atoms with E-state index in [0.717, 1.165) is 12.5 Å². The number of hydrogen-bond donors (Lipinski definition) is 1. The van der Waals surface area contributed by atoms with Crippen LogP contribution in [0.5, 0.6) is 0 Å². The third-order valence-corrected chi connectivity index (χ3v) is 3.56. The Kier molecular flexibility index (Phi) is 3.96. The Morgan fingerprint density at radius 3 is 2.57 bits per heavy atom. The fraction of sp³-hybridized carbons (Fsp3) is 1.00. The van der Waals surface area contributed by atoms with Gasteiger partial charge in [-0.25, -0.2) is 0 Å². The lowest BCUT2D eigenvalue weighted by atomic mass is 9.88. The summed E-state index contributed by atoms with van der Waals surface area (Å²) in [6, 6.07) is 0.676. The number of nitrogens with zero attached hydrogens (tertiary/aromatic N) is 1. The number of likely N-dealkylation sites (tertiary alicyclic amines) is 1. The van der Waals surface area contributed by atoms with Crippen LogP contribution < -0.4 is 0 Å². The highest BCUT2D eigenvalue weighted by Crippen LogP contribution is 2.26. The summed E-state index contributed by atoms with van der Waals surface area (Å²) in [5, 5.41) is 9.25. The van der Waals surface area contributed by atoms with Crippen LogP contribution in [0.25, 0.3) is 0 Å². The molecule has 1 heterocycles. The van der Waals surface area contributed by atoms with Crippen molar-refractivity contribution in [2.45, 2.75) is 46.6 Å². The molecular formula is C12H25NO. The average molecular weight is 199 g/mol. The maximum absolute atomic E-state index is 9.25. The summed E-state index contributed by atoms with van der Waals surface area (Å²) in [5.41, 5.74) is 0.0469. The van der Waals surface area contributed by atoms with Crippen molar-refractivity contribution in [2.75, 3.05) is 19.7 Å². The van der Waals surface area contributed by atoms with E-state index in [9.17, 15) is 5.11 Å². The van der Waals surface area contributed by atoms with Crippen LogP contribution >= 0.6 is 0 Å². The van der Waals surface area contributed by atoms with Crippen molar-refractivity contribution in [1.82, 2.24) is 4.90 Å². The molecule has 0 spiro atoms. The number of aliphatic hydroxyl groups is 1. The number of aliphatic hydroxyl groups excluding tert-OH is 1. The van der Waals surface area contributed by atoms with Crippen molar-refractivity contribution in [1.29, 1.82) is 0 Å². The predicted octanol–water partition coefficient (Wildman–Crippen LogP) is 2.13. The van der Waals surface area contributed by atoms with Crippen LogP contribution in [0.2, 0.25) is 0 Å². The largest absolute Gasteiger partial charge is 0.396 e. The molecule has 0 bridgehead atoms. The topological polar surface area (TPSA) is 23.5 Å². The molecule has 0 aliphatic carbocycles. The molecule has 1 aliphatic rings. The number of rotatable bonds is 3. The smallest absolute Gasteiger partial charge is 0.0494 e. The highest BCUT2D eigenvalue weighted by molar-refractivity contribution is 4.82. The molecule has 84 valence electrons. The van der Waals surface area contributed by atoms with E-state index in [2.05, 4.69) is 32.6 Å². The number of hydrogen-bond acceptors (Lipinski definition) is 2. The monoisotopic (exact) mass is 199 g/mol. The van der Waals surface area contributed by atoms with Gasteiger partial charge in [-0.2, -0.15) is 0 Å². The maximum atomic E-state index is 9.25. The van der Waals surface area contributed by atoms with E-state index in [1.54, 1.807) is 0 Å². The molecule has 2 heteroatoms. The second kappa shape index (κ2) is 4.63. The summed E-state index contributed by atoms with van der Waals surface area (Å²) in [7, 11) is 0. The summed E-state index contributed by atoms with van der Waals surface area (Å²) in [6.45, 7) is 11.4. The molecule has 0 aromatic rings. The van der Waals surface area contributed by atoms with Gasteiger partial charge in [0.1, 0.15) is 0 Å². The van der Waals surface area contributed by atoms with Gasteiger partial charge in [-0.15, -0.1) is 0 Å². The second-order valence-electron chi connectivity index (χ2n) is 5.65. The van der Waals surface area contributed by atoms with E-state index in [1.165, 1.54) is 19.4 Å². The van der Waals surface area contributed by atoms with Crippen LogP contribution in [-0.2, 0) is 0 Å². The van der Waals surface area contributed by atoms with Crippen molar-refractivity contribution in [3.8, 4) is 0 Å². The Hall–Kier alpha value is -0.0800. The Morgan fingerprint density at radius 1 is 1.36 bits per heavy atom. The first-order valence-corrected chi connectivity index (χ1v) is 5.81. The lowest BCUT2D eigenvalue weighted by Crippen LogP contribution is -2.47. The van der Waals surface area contributed by atoms with E-state index in [0.29, 0.717) is 6.04 Å². The molecule has 0 amide bonds. The van der Waals surface area contributed by atoms with Gasteiger partial charge in [0.2, 0.25) is 0 Å². The first-order chi connectivity index (χ1) is 6.46. The van der Waals surface area contributed by atoms with Gasteiger partial charge in [-0.05, 0) is 32.2 Å². The van der Waals surface area contributed by atoms with Gasteiger partial charge in [0.25, 0.3) is 0 Å². The molecule has 1 saturated heterocycles. The molecule has 1 fully saturated rings. The maximum Gasteiger partial charge on any atom is 0.0494 e. The van der Waals surface area contributed by atoms with Crippen LogP contribution in [0.4, 0.5) is 0 Å². The molecule has 2 nitrogen and oxygen atoms in total. The van der Waals surface area contributed by atoms with E-state index in [1.807, 2.05) is 0 Å². The molecular weight excluding hydrogens is 174 g/mol. The molecule has 0 saturated carbocycles. The Labute approximate surface area is 88.3 Å². The lowest BCUT2D eigenvalue weighted by Gasteiger charge is -2.41. The third-order valence-electron chi connectivity index (χ3n) is 3.56. The van der Waals surface area contributed by atoms with Crippen LogP contribution in [0.3, 0.4) is 0 Å². The molecule has 0 aromatic carbocycles. The predicted molar refractivity (Wildman–Crippen MR) is 60.3 cm³/mol. The fourth-order valence-electron chi connectivity index (χ4n) is 2.24. The molecule has 2 atom stereocenters. The molecule has 14 heavy (non-hydrogen) atoms. The lowest BCUT2D eigenvalue weighted by molar-refractivity contribution is 0.0451. The van der Waals surface area contributed by atoms with Crippen molar-refractivity contribution >= 4 is 0 Å². The van der Waals surface area contributed by atoms with Crippen LogP contribution in [-0.4, -0.2) is 35.7 Å². The van der Waals surface area contributed by atoms with Gasteiger partial charge in [-0.1, -0.05) is 20.8 Å². The molecule has 0 radical (unpaired) electrons. The summed E-state index contributed by atoms with van der Waals surface area (Å²) in [6.07, 6.45) is 2.67. The van der Waals surface area contributed by atoms with E-state index in [4.69, 9.17) is 0 Å². The summed E-state index contributed by atoms with van der Waals surface area (Å²) in [4.78, 5) is 2.53. The van der Waals surface area contributed by atoms with Gasteiger partial charge < -0.3 is 5.11 Å². The highest BCUT2D eigenvalue weighted by atomic mass is 16.3. The minimum Gasteiger partial charge on any atom is -0.396 e. The Morgan fingerprint density at radius 2 is 2.00 bits per heavy atom. The fourth-order valence-corrected chi connectivity index (χ4v) is 2.24. The summed E-state index contributed by atoms with van der Waals surface area (Å²) in [5.74, 6) is 0.804. The average Bonchev–Trinajstić information content (AvgIpc) is 2.13. The first kappa shape index (κ1) is 12.0. The van der Waals surface area contributed by atoms with Crippen LogP contribution in [0, 0.1) is 11.3 Å². The first-order valence-electron chi connectivity index (χ1n) is 5.81. The zero-order valence-electron chi connectivity index (χ0n) is 10.1. The van der Waals surface area contributed by atoms with Crippen molar-refractivity contribution < 1.29 is 5.11 Å². The zero-order chi connectivity index (χ0) is 10.8. The van der Waals surface area contributed by atoms with Crippen LogP contribution in [0.1, 0.15) is 40.5 Å². The molecule has 0 aromatic heterocycles. The van der Waals surface area contributed by atoms with E-state index < -0.39 is 0 Å². The molecule has 1 aliphatic heterocycles. The molecule has 1 N–H and O–H groups in total. The molecule has 1 rings (SSSR count). The minimum atomic E-state index is 0.0469. The highest BCUT2D eigenvalue weighted by Gasteiger charge is 2.29. The number of piperidine rings is 1. The van der Waals surface area contributed by atoms with Crippen molar-refractivity contribution in [3.05, 3.63) is 0 Å². The Bertz CT molecular complexity index is 179. The van der Waals surface area contributed by atoms with Gasteiger partial charge >= 0.3 is 0 Å². The van der Waals surface area contributed by atoms with E-state index in [-0.39, 0.29) is 12.0 Å². The van der Waals surface area contributed by atoms with Crippen molar-refractivity contribution in [2.24, 2.45) is 11.3 Å². The minimum absolute atomic E-state index is 0.0469. The van der Waals surface area contributed by atoms with E-state index >= 15 is 0 Å². The van der Waals surface area contributed by atoms with Crippen LogP contribution in [0.15, 0.2) is 0 Å². The van der Waals surface area contributed by atoms with Gasteiger partial charge in [0, 0.05) is 24.6 Å². The quantitative estimate of drug-likeness (QED) is 0.752. The summed E-state index contributed by atoms with van der Waals surface area (Å²) < 4.78 is 0. The molecule has 2 unspecified atom stereocenters. The van der Waals surface area contributed by atoms with Crippen molar-refractivity contribution in [3.63, 3.8) is 0 Å². The third kappa shape index (κ3) is 2.96. The normalized spacial score (nSPS) is 30.6.